The summed E-state index contributed by atoms with van der Waals surface area (Å²) in [5.41, 5.74) is 0. The van der Waals surface area contributed by atoms with Crippen LogP contribution >= 0.6 is 24.4 Å². The van der Waals surface area contributed by atoms with Gasteiger partial charge in [0.1, 0.15) is 0 Å². The Morgan fingerprint density at radius 1 is 1.67 bits per heavy atom. The molecule has 0 amide bonds. The molecule has 0 bridgehead atoms. The summed E-state index contributed by atoms with van der Waals surface area (Å²) in [6.07, 6.45) is 1.38. The molecule has 1 aliphatic heterocycles. The fraction of sp³-hybridized carbons (Fsp3) is 1.00. The lowest BCUT2D eigenvalue weighted by atomic mass is 10.1. The zero-order chi connectivity index (χ0) is 8.97. The highest BCUT2D eigenvalue weighted by molar-refractivity contribution is 7.99. The van der Waals surface area contributed by atoms with E-state index < -0.39 is 0 Å². The van der Waals surface area contributed by atoms with Gasteiger partial charge in [-0.2, -0.15) is 24.4 Å². The maximum atomic E-state index is 4.30. The van der Waals surface area contributed by atoms with Crippen LogP contribution in [-0.4, -0.2) is 41.8 Å². The van der Waals surface area contributed by atoms with E-state index in [0.29, 0.717) is 0 Å². The highest BCUT2D eigenvalue weighted by Crippen LogP contribution is 2.21. The van der Waals surface area contributed by atoms with Crippen molar-refractivity contribution in [2.75, 3.05) is 30.9 Å². The SMILES string of the molecule is CC(CS)CN(C)C1CCSC1. The van der Waals surface area contributed by atoms with Crippen molar-refractivity contribution in [1.82, 2.24) is 4.90 Å². The normalized spacial score (nSPS) is 26.5. The van der Waals surface area contributed by atoms with Gasteiger partial charge in [0.15, 0.2) is 0 Å². The molecule has 1 fully saturated rings. The van der Waals surface area contributed by atoms with Gasteiger partial charge in [-0.25, -0.2) is 0 Å². The molecule has 72 valence electrons. The van der Waals surface area contributed by atoms with E-state index in [1.165, 1.54) is 24.5 Å². The van der Waals surface area contributed by atoms with Gasteiger partial charge in [-0.05, 0) is 30.9 Å². The van der Waals surface area contributed by atoms with Gasteiger partial charge in [0.2, 0.25) is 0 Å². The summed E-state index contributed by atoms with van der Waals surface area (Å²) in [7, 11) is 2.25. The number of hydrogen-bond donors (Lipinski definition) is 1. The first-order valence-corrected chi connectivity index (χ1v) is 6.41. The van der Waals surface area contributed by atoms with Gasteiger partial charge in [-0.1, -0.05) is 6.92 Å². The standard InChI is InChI=1S/C9H19NS2/c1-8(6-11)5-10(2)9-3-4-12-7-9/h8-9,11H,3-7H2,1-2H3. The fourth-order valence-corrected chi connectivity index (χ4v) is 2.98. The minimum Gasteiger partial charge on any atom is -0.302 e. The molecule has 0 radical (unpaired) electrons. The summed E-state index contributed by atoms with van der Waals surface area (Å²) in [5, 5.41) is 0. The summed E-state index contributed by atoms with van der Waals surface area (Å²) >= 11 is 6.39. The molecule has 1 heterocycles. The second-order valence-corrected chi connectivity index (χ2v) is 5.26. The van der Waals surface area contributed by atoms with E-state index in [1.54, 1.807) is 0 Å². The fourth-order valence-electron chi connectivity index (χ4n) is 1.57. The Bertz CT molecular complexity index is 124. The van der Waals surface area contributed by atoms with E-state index in [1.807, 2.05) is 0 Å². The van der Waals surface area contributed by atoms with Crippen LogP contribution in [0.5, 0.6) is 0 Å². The van der Waals surface area contributed by atoms with E-state index in [0.717, 1.165) is 17.7 Å². The van der Waals surface area contributed by atoms with Crippen LogP contribution in [0, 0.1) is 5.92 Å². The van der Waals surface area contributed by atoms with E-state index in [9.17, 15) is 0 Å². The first-order chi connectivity index (χ1) is 5.74. The lowest BCUT2D eigenvalue weighted by Gasteiger charge is -2.25. The van der Waals surface area contributed by atoms with Crippen molar-refractivity contribution >= 4 is 24.4 Å². The van der Waals surface area contributed by atoms with Crippen molar-refractivity contribution in [1.29, 1.82) is 0 Å². The van der Waals surface area contributed by atoms with Crippen molar-refractivity contribution in [2.24, 2.45) is 5.92 Å². The van der Waals surface area contributed by atoms with Crippen LogP contribution in [0.1, 0.15) is 13.3 Å². The average molecular weight is 205 g/mol. The summed E-state index contributed by atoms with van der Waals surface area (Å²) in [6, 6.07) is 0.831. The van der Waals surface area contributed by atoms with Crippen molar-refractivity contribution in [3.63, 3.8) is 0 Å². The van der Waals surface area contributed by atoms with Crippen molar-refractivity contribution in [3.8, 4) is 0 Å². The molecule has 0 saturated carbocycles. The maximum absolute atomic E-state index is 4.30. The average Bonchev–Trinajstić information content (AvgIpc) is 2.56. The van der Waals surface area contributed by atoms with Crippen molar-refractivity contribution in [2.45, 2.75) is 19.4 Å². The quantitative estimate of drug-likeness (QED) is 0.699. The summed E-state index contributed by atoms with van der Waals surface area (Å²) in [6.45, 7) is 3.47. The molecule has 3 heteroatoms. The maximum Gasteiger partial charge on any atom is 0.0191 e. The molecule has 0 aromatic heterocycles. The van der Waals surface area contributed by atoms with Gasteiger partial charge >= 0.3 is 0 Å². The minimum absolute atomic E-state index is 0.726. The first kappa shape index (κ1) is 10.7. The largest absolute Gasteiger partial charge is 0.302 e. The highest BCUT2D eigenvalue weighted by Gasteiger charge is 2.20. The Morgan fingerprint density at radius 3 is 2.92 bits per heavy atom. The molecular formula is C9H19NS2. The second kappa shape index (κ2) is 5.40. The molecule has 12 heavy (non-hydrogen) atoms. The minimum atomic E-state index is 0.726. The van der Waals surface area contributed by atoms with Crippen LogP contribution in [0.3, 0.4) is 0 Å². The molecule has 1 saturated heterocycles. The molecule has 0 aromatic carbocycles. The smallest absolute Gasteiger partial charge is 0.0191 e. The van der Waals surface area contributed by atoms with E-state index >= 15 is 0 Å². The third-order valence-corrected chi connectivity index (χ3v) is 4.21. The Kier molecular flexibility index (Phi) is 4.84. The predicted octanol–water partition coefficient (Wildman–Crippen LogP) is 1.99. The molecule has 2 unspecified atom stereocenters. The van der Waals surface area contributed by atoms with Gasteiger partial charge in [0, 0.05) is 18.3 Å². The third-order valence-electron chi connectivity index (χ3n) is 2.44. The Morgan fingerprint density at radius 2 is 2.42 bits per heavy atom. The van der Waals surface area contributed by atoms with Crippen LogP contribution < -0.4 is 0 Å². The van der Waals surface area contributed by atoms with Crippen molar-refractivity contribution in [3.05, 3.63) is 0 Å². The molecule has 0 aliphatic carbocycles. The molecule has 1 rings (SSSR count). The Hall–Kier alpha value is 0.660. The number of thiol groups is 1. The van der Waals surface area contributed by atoms with Crippen LogP contribution in [0.25, 0.3) is 0 Å². The zero-order valence-electron chi connectivity index (χ0n) is 7.99. The molecule has 0 spiro atoms. The summed E-state index contributed by atoms with van der Waals surface area (Å²) in [5.74, 6) is 4.41. The van der Waals surface area contributed by atoms with E-state index in [-0.39, 0.29) is 0 Å². The lowest BCUT2D eigenvalue weighted by Crippen LogP contribution is -2.35. The van der Waals surface area contributed by atoms with Crippen LogP contribution in [-0.2, 0) is 0 Å². The van der Waals surface area contributed by atoms with Crippen LogP contribution in [0.4, 0.5) is 0 Å². The number of thioether (sulfide) groups is 1. The lowest BCUT2D eigenvalue weighted by molar-refractivity contribution is 0.236. The summed E-state index contributed by atoms with van der Waals surface area (Å²) < 4.78 is 0. The molecule has 1 nitrogen and oxygen atoms in total. The van der Waals surface area contributed by atoms with Gasteiger partial charge in [0.25, 0.3) is 0 Å². The highest BCUT2D eigenvalue weighted by atomic mass is 32.2. The number of hydrogen-bond acceptors (Lipinski definition) is 3. The Balaban J connectivity index is 2.21. The molecule has 0 aromatic rings. The van der Waals surface area contributed by atoms with E-state index in [2.05, 4.69) is 43.3 Å². The molecular weight excluding hydrogens is 186 g/mol. The first-order valence-electron chi connectivity index (χ1n) is 4.63. The number of rotatable bonds is 4. The van der Waals surface area contributed by atoms with Crippen molar-refractivity contribution < 1.29 is 0 Å². The molecule has 2 atom stereocenters. The predicted molar refractivity (Wildman–Crippen MR) is 61.4 cm³/mol. The van der Waals surface area contributed by atoms with Crippen LogP contribution in [0.15, 0.2) is 0 Å². The van der Waals surface area contributed by atoms with Gasteiger partial charge in [-0.3, -0.25) is 0 Å². The third kappa shape index (κ3) is 3.19. The summed E-state index contributed by atoms with van der Waals surface area (Å²) in [4.78, 5) is 2.50. The Labute approximate surface area is 85.7 Å². The van der Waals surface area contributed by atoms with Crippen LogP contribution in [0.2, 0.25) is 0 Å². The van der Waals surface area contributed by atoms with Gasteiger partial charge < -0.3 is 4.90 Å². The number of nitrogens with zero attached hydrogens (tertiary/aromatic N) is 1. The van der Waals surface area contributed by atoms with Gasteiger partial charge in [0.05, 0.1) is 0 Å². The monoisotopic (exact) mass is 205 g/mol. The second-order valence-electron chi connectivity index (χ2n) is 3.74. The topological polar surface area (TPSA) is 3.24 Å². The molecule has 1 aliphatic rings. The van der Waals surface area contributed by atoms with Gasteiger partial charge in [-0.15, -0.1) is 0 Å². The molecule has 0 N–H and O–H groups in total. The zero-order valence-corrected chi connectivity index (χ0v) is 9.70. The van der Waals surface area contributed by atoms with E-state index in [4.69, 9.17) is 0 Å².